The van der Waals surface area contributed by atoms with Crippen LogP contribution in [0, 0.1) is 0 Å². The van der Waals surface area contributed by atoms with Crippen molar-refractivity contribution in [3.8, 4) is 0 Å². The van der Waals surface area contributed by atoms with Crippen molar-refractivity contribution < 1.29 is 9.53 Å². The number of carbonyl (C=O) groups is 1. The van der Waals surface area contributed by atoms with E-state index >= 15 is 0 Å². The normalized spacial score (nSPS) is 13.0. The van der Waals surface area contributed by atoms with Gasteiger partial charge in [-0.25, -0.2) is 0 Å². The Kier molecular flexibility index (Phi) is 7.28. The molecule has 1 atom stereocenters. The van der Waals surface area contributed by atoms with Gasteiger partial charge in [0, 0.05) is 6.54 Å². The smallest absolute Gasteiger partial charge is 0.233 e. The number of amides is 1. The van der Waals surface area contributed by atoms with E-state index in [4.69, 9.17) is 4.74 Å². The zero-order chi connectivity index (χ0) is 10.3. The molecule has 0 aliphatic carbocycles. The highest BCUT2D eigenvalue weighted by molar-refractivity contribution is 9.10. The van der Waals surface area contributed by atoms with E-state index in [-0.39, 0.29) is 16.8 Å². The third-order valence-electron chi connectivity index (χ3n) is 1.50. The first-order chi connectivity index (χ1) is 6.07. The number of carbonyl (C=O) groups excluding carboxylic acids is 1. The summed E-state index contributed by atoms with van der Waals surface area (Å²) in [5.41, 5.74) is 0. The number of hydrogen-bond donors (Lipinski definition) is 1. The van der Waals surface area contributed by atoms with Gasteiger partial charge in [0.1, 0.15) is 0 Å². The zero-order valence-electron chi connectivity index (χ0n) is 8.47. The monoisotopic (exact) mass is 251 g/mol. The quantitative estimate of drug-likeness (QED) is 0.577. The summed E-state index contributed by atoms with van der Waals surface area (Å²) in [5, 5.41) is 2.78. The van der Waals surface area contributed by atoms with Crippen molar-refractivity contribution in [1.29, 1.82) is 0 Å². The Morgan fingerprint density at radius 2 is 2.15 bits per heavy atom. The molecule has 1 N–H and O–H groups in total. The zero-order valence-corrected chi connectivity index (χ0v) is 10.1. The molecule has 0 rings (SSSR count). The Morgan fingerprint density at radius 3 is 2.62 bits per heavy atom. The first kappa shape index (κ1) is 12.9. The van der Waals surface area contributed by atoms with Crippen molar-refractivity contribution in [1.82, 2.24) is 5.32 Å². The van der Waals surface area contributed by atoms with Gasteiger partial charge < -0.3 is 10.1 Å². The second-order valence-corrected chi connectivity index (χ2v) is 4.19. The van der Waals surface area contributed by atoms with E-state index in [1.165, 1.54) is 0 Å². The Morgan fingerprint density at radius 1 is 1.54 bits per heavy atom. The second-order valence-electron chi connectivity index (χ2n) is 3.09. The maximum atomic E-state index is 11.2. The molecule has 0 heterocycles. The summed E-state index contributed by atoms with van der Waals surface area (Å²) in [4.78, 5) is 11.1. The molecule has 0 bridgehead atoms. The largest absolute Gasteiger partial charge is 0.377 e. The summed E-state index contributed by atoms with van der Waals surface area (Å²) in [6, 6.07) is 0. The predicted molar refractivity (Wildman–Crippen MR) is 57.1 cm³/mol. The Hall–Kier alpha value is -0.0900. The van der Waals surface area contributed by atoms with E-state index in [0.29, 0.717) is 13.2 Å². The molecular formula is C9H18BrNO2. The van der Waals surface area contributed by atoms with E-state index in [2.05, 4.69) is 21.2 Å². The fraction of sp³-hybridized carbons (Fsp3) is 0.889. The van der Waals surface area contributed by atoms with Gasteiger partial charge in [-0.15, -0.1) is 0 Å². The second kappa shape index (κ2) is 7.33. The molecule has 13 heavy (non-hydrogen) atoms. The third-order valence-corrected chi connectivity index (χ3v) is 2.56. The number of rotatable bonds is 6. The minimum Gasteiger partial charge on any atom is -0.377 e. The highest BCUT2D eigenvalue weighted by Gasteiger charge is 2.10. The van der Waals surface area contributed by atoms with Crippen LogP contribution in [0.4, 0.5) is 0 Å². The van der Waals surface area contributed by atoms with Crippen LogP contribution in [0.3, 0.4) is 0 Å². The lowest BCUT2D eigenvalue weighted by atomic mass is 10.3. The first-order valence-electron chi connectivity index (χ1n) is 4.61. The number of hydrogen-bond acceptors (Lipinski definition) is 2. The molecule has 3 nitrogen and oxygen atoms in total. The average molecular weight is 252 g/mol. The standard InChI is InChI=1S/C9H18BrNO2/c1-4-8(10)9(12)11-5-6-13-7(2)3/h7-8H,4-6H2,1-3H3,(H,11,12). The van der Waals surface area contributed by atoms with Crippen LogP contribution in [0.5, 0.6) is 0 Å². The van der Waals surface area contributed by atoms with Crippen LogP contribution in [0.15, 0.2) is 0 Å². The van der Waals surface area contributed by atoms with Crippen LogP contribution >= 0.6 is 15.9 Å². The van der Waals surface area contributed by atoms with E-state index in [9.17, 15) is 4.79 Å². The minimum atomic E-state index is -0.0773. The molecule has 0 radical (unpaired) electrons. The molecule has 0 saturated heterocycles. The van der Waals surface area contributed by atoms with Gasteiger partial charge >= 0.3 is 0 Å². The summed E-state index contributed by atoms with van der Waals surface area (Å²) in [5.74, 6) is 0.0369. The fourth-order valence-corrected chi connectivity index (χ4v) is 0.927. The minimum absolute atomic E-state index is 0.0369. The van der Waals surface area contributed by atoms with Crippen LogP contribution in [0.25, 0.3) is 0 Å². The number of alkyl halides is 1. The van der Waals surface area contributed by atoms with Crippen LogP contribution in [0.2, 0.25) is 0 Å². The van der Waals surface area contributed by atoms with Gasteiger partial charge in [-0.3, -0.25) is 4.79 Å². The molecule has 0 aromatic rings. The van der Waals surface area contributed by atoms with Crippen molar-refractivity contribution in [2.45, 2.75) is 38.1 Å². The van der Waals surface area contributed by atoms with Gasteiger partial charge in [-0.1, -0.05) is 22.9 Å². The highest BCUT2D eigenvalue weighted by Crippen LogP contribution is 2.03. The topological polar surface area (TPSA) is 38.3 Å². The van der Waals surface area contributed by atoms with Crippen molar-refractivity contribution in [2.75, 3.05) is 13.2 Å². The number of halogens is 1. The van der Waals surface area contributed by atoms with Crippen molar-refractivity contribution in [3.63, 3.8) is 0 Å². The van der Waals surface area contributed by atoms with Crippen LogP contribution < -0.4 is 5.32 Å². The van der Waals surface area contributed by atoms with Crippen molar-refractivity contribution in [3.05, 3.63) is 0 Å². The molecule has 1 unspecified atom stereocenters. The average Bonchev–Trinajstić information content (AvgIpc) is 2.10. The Bertz CT molecular complexity index is 151. The Balaban J connectivity index is 3.37. The van der Waals surface area contributed by atoms with Gasteiger partial charge in [0.2, 0.25) is 5.91 Å². The summed E-state index contributed by atoms with van der Waals surface area (Å²) >= 11 is 3.27. The summed E-state index contributed by atoms with van der Waals surface area (Å²) in [6.45, 7) is 7.07. The summed E-state index contributed by atoms with van der Waals surface area (Å²) in [7, 11) is 0. The molecule has 0 saturated carbocycles. The lowest BCUT2D eigenvalue weighted by molar-refractivity contribution is -0.120. The third kappa shape index (κ3) is 7.02. The van der Waals surface area contributed by atoms with E-state index in [0.717, 1.165) is 6.42 Å². The van der Waals surface area contributed by atoms with E-state index < -0.39 is 0 Å². The van der Waals surface area contributed by atoms with Crippen LogP contribution in [-0.2, 0) is 9.53 Å². The number of ether oxygens (including phenoxy) is 1. The van der Waals surface area contributed by atoms with Gasteiger partial charge in [-0.2, -0.15) is 0 Å². The fourth-order valence-electron chi connectivity index (χ4n) is 0.765. The molecule has 0 spiro atoms. The lowest BCUT2D eigenvalue weighted by Crippen LogP contribution is -2.33. The molecule has 0 aromatic carbocycles. The SMILES string of the molecule is CCC(Br)C(=O)NCCOC(C)C. The van der Waals surface area contributed by atoms with Gasteiger partial charge in [0.25, 0.3) is 0 Å². The molecule has 4 heteroatoms. The summed E-state index contributed by atoms with van der Waals surface area (Å²) in [6.07, 6.45) is 1.03. The van der Waals surface area contributed by atoms with Gasteiger partial charge in [-0.05, 0) is 20.3 Å². The van der Waals surface area contributed by atoms with Gasteiger partial charge in [0.15, 0.2) is 0 Å². The highest BCUT2D eigenvalue weighted by atomic mass is 79.9. The molecular weight excluding hydrogens is 234 g/mol. The van der Waals surface area contributed by atoms with Crippen molar-refractivity contribution in [2.24, 2.45) is 0 Å². The predicted octanol–water partition coefficient (Wildman–Crippen LogP) is 1.70. The van der Waals surface area contributed by atoms with Crippen LogP contribution in [-0.4, -0.2) is 30.0 Å². The molecule has 0 aromatic heterocycles. The number of nitrogens with one attached hydrogen (secondary N) is 1. The molecule has 1 amide bonds. The lowest BCUT2D eigenvalue weighted by Gasteiger charge is -2.10. The maximum Gasteiger partial charge on any atom is 0.233 e. The van der Waals surface area contributed by atoms with Gasteiger partial charge in [0.05, 0.1) is 17.5 Å². The van der Waals surface area contributed by atoms with E-state index in [1.54, 1.807) is 0 Å². The Labute approximate surface area is 88.4 Å². The molecule has 0 fully saturated rings. The first-order valence-corrected chi connectivity index (χ1v) is 5.52. The summed E-state index contributed by atoms with van der Waals surface area (Å²) < 4.78 is 5.28. The van der Waals surface area contributed by atoms with E-state index in [1.807, 2.05) is 20.8 Å². The van der Waals surface area contributed by atoms with Crippen molar-refractivity contribution >= 4 is 21.8 Å². The molecule has 0 aliphatic heterocycles. The van der Waals surface area contributed by atoms with Crippen LogP contribution in [0.1, 0.15) is 27.2 Å². The maximum absolute atomic E-state index is 11.2. The molecule has 78 valence electrons. The molecule has 0 aliphatic rings.